The van der Waals surface area contributed by atoms with Gasteiger partial charge in [0.15, 0.2) is 5.78 Å². The highest BCUT2D eigenvalue weighted by atomic mass is 16.3. The molecule has 0 aromatic heterocycles. The Morgan fingerprint density at radius 1 is 1.60 bits per heavy atom. The van der Waals surface area contributed by atoms with E-state index in [9.17, 15) is 4.79 Å². The minimum absolute atomic E-state index is 0.0166. The third kappa shape index (κ3) is 5.31. The van der Waals surface area contributed by atoms with Crippen LogP contribution in [0.1, 0.15) is 13.8 Å². The topological polar surface area (TPSA) is 49.3 Å². The number of hydrogen-bond donors (Lipinski definition) is 2. The molecule has 0 radical (unpaired) electrons. The molecule has 0 spiro atoms. The van der Waals surface area contributed by atoms with E-state index < -0.39 is 0 Å². The molecule has 0 bridgehead atoms. The van der Waals surface area contributed by atoms with Crippen molar-refractivity contribution in [1.29, 1.82) is 0 Å². The summed E-state index contributed by atoms with van der Waals surface area (Å²) in [5.41, 5.74) is 0.793. The first-order valence-corrected chi connectivity index (χ1v) is 3.20. The third-order valence-corrected chi connectivity index (χ3v) is 0.935. The van der Waals surface area contributed by atoms with Crippen LogP contribution in [0.4, 0.5) is 0 Å². The second-order valence-corrected chi connectivity index (χ2v) is 2.09. The van der Waals surface area contributed by atoms with Gasteiger partial charge in [-0.1, -0.05) is 0 Å². The fourth-order valence-electron chi connectivity index (χ4n) is 0.609. The lowest BCUT2D eigenvalue weighted by atomic mass is 10.3. The Bertz CT molecular complexity index is 141. The summed E-state index contributed by atoms with van der Waals surface area (Å²) < 4.78 is 0. The number of aliphatic hydroxyl groups excluding tert-OH is 1. The Labute approximate surface area is 60.7 Å². The Kier molecular flexibility index (Phi) is 4.58. The summed E-state index contributed by atoms with van der Waals surface area (Å²) in [5.74, 6) is 0.0166. The average molecular weight is 143 g/mol. The van der Waals surface area contributed by atoms with Crippen LogP contribution in [0.2, 0.25) is 0 Å². The monoisotopic (exact) mass is 143 g/mol. The molecule has 0 aliphatic heterocycles. The van der Waals surface area contributed by atoms with E-state index in [1.165, 1.54) is 13.0 Å². The summed E-state index contributed by atoms with van der Waals surface area (Å²) in [5, 5.41) is 11.2. The highest BCUT2D eigenvalue weighted by Gasteiger charge is 1.88. The molecule has 0 fully saturated rings. The van der Waals surface area contributed by atoms with Crippen molar-refractivity contribution in [2.75, 3.05) is 13.2 Å². The van der Waals surface area contributed by atoms with Crippen LogP contribution in [-0.2, 0) is 4.79 Å². The molecular formula is C7H13NO2. The lowest BCUT2D eigenvalue weighted by molar-refractivity contribution is -0.112. The second-order valence-electron chi connectivity index (χ2n) is 2.09. The van der Waals surface area contributed by atoms with Gasteiger partial charge in [0.1, 0.15) is 0 Å². The number of allylic oxidation sites excluding steroid dienone is 2. The highest BCUT2D eigenvalue weighted by Crippen LogP contribution is 1.85. The van der Waals surface area contributed by atoms with E-state index in [1.807, 2.05) is 0 Å². The lowest BCUT2D eigenvalue weighted by Crippen LogP contribution is -2.16. The van der Waals surface area contributed by atoms with Crippen molar-refractivity contribution < 1.29 is 9.90 Å². The molecule has 0 aliphatic rings. The Morgan fingerprint density at radius 3 is 2.60 bits per heavy atom. The molecule has 58 valence electrons. The van der Waals surface area contributed by atoms with Gasteiger partial charge in [-0.25, -0.2) is 0 Å². The molecule has 0 saturated carbocycles. The van der Waals surface area contributed by atoms with Gasteiger partial charge in [0.05, 0.1) is 6.61 Å². The summed E-state index contributed by atoms with van der Waals surface area (Å²) in [6.07, 6.45) is 1.50. The molecule has 3 heteroatoms. The average Bonchev–Trinajstić information content (AvgIpc) is 1.82. The Morgan fingerprint density at radius 2 is 2.20 bits per heavy atom. The normalized spacial score (nSPS) is 11.3. The summed E-state index contributed by atoms with van der Waals surface area (Å²) in [6.45, 7) is 3.86. The number of hydrogen-bond acceptors (Lipinski definition) is 3. The van der Waals surface area contributed by atoms with E-state index in [-0.39, 0.29) is 12.4 Å². The molecule has 0 aromatic carbocycles. The van der Waals surface area contributed by atoms with Gasteiger partial charge < -0.3 is 10.4 Å². The van der Waals surface area contributed by atoms with E-state index in [1.54, 1.807) is 6.92 Å². The van der Waals surface area contributed by atoms with E-state index in [0.29, 0.717) is 6.54 Å². The Balaban J connectivity index is 3.60. The number of nitrogens with one attached hydrogen (secondary N) is 1. The Hall–Kier alpha value is -0.830. The molecule has 2 N–H and O–H groups in total. The highest BCUT2D eigenvalue weighted by molar-refractivity contribution is 5.87. The summed E-state index contributed by atoms with van der Waals surface area (Å²) in [7, 11) is 0. The minimum Gasteiger partial charge on any atom is -0.395 e. The van der Waals surface area contributed by atoms with Gasteiger partial charge in [0.2, 0.25) is 0 Å². The summed E-state index contributed by atoms with van der Waals surface area (Å²) >= 11 is 0. The largest absolute Gasteiger partial charge is 0.395 e. The van der Waals surface area contributed by atoms with E-state index in [2.05, 4.69) is 5.32 Å². The molecule has 0 rings (SSSR count). The van der Waals surface area contributed by atoms with Crippen LogP contribution < -0.4 is 5.32 Å². The van der Waals surface area contributed by atoms with E-state index in [4.69, 9.17) is 5.11 Å². The zero-order valence-corrected chi connectivity index (χ0v) is 6.35. The van der Waals surface area contributed by atoms with Crippen LogP contribution in [0.3, 0.4) is 0 Å². The SMILES string of the molecule is CC(=O)/C=C(\C)NCCO. The van der Waals surface area contributed by atoms with Gasteiger partial charge in [-0.2, -0.15) is 0 Å². The maximum atomic E-state index is 10.4. The van der Waals surface area contributed by atoms with Crippen LogP contribution in [0.5, 0.6) is 0 Å². The molecule has 10 heavy (non-hydrogen) atoms. The molecule has 0 saturated heterocycles. The van der Waals surface area contributed by atoms with Crippen LogP contribution >= 0.6 is 0 Å². The molecule has 0 atom stereocenters. The van der Waals surface area contributed by atoms with Crippen molar-refractivity contribution in [2.45, 2.75) is 13.8 Å². The maximum Gasteiger partial charge on any atom is 0.154 e. The zero-order valence-electron chi connectivity index (χ0n) is 6.35. The maximum absolute atomic E-state index is 10.4. The first kappa shape index (κ1) is 9.17. The summed E-state index contributed by atoms with van der Waals surface area (Å²) in [6, 6.07) is 0. The van der Waals surface area contributed by atoms with E-state index in [0.717, 1.165) is 5.70 Å². The molecule has 0 aliphatic carbocycles. The zero-order chi connectivity index (χ0) is 7.98. The number of rotatable bonds is 4. The number of carbonyl (C=O) groups is 1. The van der Waals surface area contributed by atoms with Crippen molar-refractivity contribution in [3.05, 3.63) is 11.8 Å². The van der Waals surface area contributed by atoms with Crippen LogP contribution in [0.15, 0.2) is 11.8 Å². The molecular weight excluding hydrogens is 130 g/mol. The van der Waals surface area contributed by atoms with Crippen LogP contribution in [-0.4, -0.2) is 24.0 Å². The first-order chi connectivity index (χ1) is 4.66. The van der Waals surface area contributed by atoms with Crippen molar-refractivity contribution in [3.8, 4) is 0 Å². The number of carbonyl (C=O) groups excluding carboxylic acids is 1. The molecule has 0 heterocycles. The van der Waals surface area contributed by atoms with Gasteiger partial charge in [-0.15, -0.1) is 0 Å². The van der Waals surface area contributed by atoms with Crippen molar-refractivity contribution in [2.24, 2.45) is 0 Å². The van der Waals surface area contributed by atoms with Gasteiger partial charge in [-0.3, -0.25) is 4.79 Å². The summed E-state index contributed by atoms with van der Waals surface area (Å²) in [4.78, 5) is 10.4. The van der Waals surface area contributed by atoms with E-state index >= 15 is 0 Å². The molecule has 0 amide bonds. The second kappa shape index (κ2) is 4.99. The van der Waals surface area contributed by atoms with Crippen LogP contribution in [0.25, 0.3) is 0 Å². The number of aliphatic hydroxyl groups is 1. The first-order valence-electron chi connectivity index (χ1n) is 3.20. The molecule has 0 aromatic rings. The predicted octanol–water partition coefficient (Wildman–Crippen LogP) is 0.0611. The van der Waals surface area contributed by atoms with Gasteiger partial charge in [0.25, 0.3) is 0 Å². The van der Waals surface area contributed by atoms with Gasteiger partial charge in [-0.05, 0) is 19.9 Å². The smallest absolute Gasteiger partial charge is 0.154 e. The van der Waals surface area contributed by atoms with Gasteiger partial charge in [0, 0.05) is 12.2 Å². The fourth-order valence-corrected chi connectivity index (χ4v) is 0.609. The standard InChI is InChI=1S/C7H13NO2/c1-6(5-7(2)10)8-3-4-9/h5,8-9H,3-4H2,1-2H3/b6-5+. The lowest BCUT2D eigenvalue weighted by Gasteiger charge is -2.01. The minimum atomic E-state index is 0.0166. The molecule has 0 unspecified atom stereocenters. The van der Waals surface area contributed by atoms with Crippen molar-refractivity contribution in [3.63, 3.8) is 0 Å². The quantitative estimate of drug-likeness (QED) is 0.547. The van der Waals surface area contributed by atoms with Crippen LogP contribution in [0, 0.1) is 0 Å². The fraction of sp³-hybridized carbons (Fsp3) is 0.571. The third-order valence-electron chi connectivity index (χ3n) is 0.935. The van der Waals surface area contributed by atoms with Gasteiger partial charge >= 0.3 is 0 Å². The molecule has 3 nitrogen and oxygen atoms in total. The number of ketones is 1. The predicted molar refractivity (Wildman–Crippen MR) is 39.5 cm³/mol. The van der Waals surface area contributed by atoms with Crippen molar-refractivity contribution in [1.82, 2.24) is 5.32 Å². The van der Waals surface area contributed by atoms with Crippen molar-refractivity contribution >= 4 is 5.78 Å².